The lowest BCUT2D eigenvalue weighted by Crippen LogP contribution is -2.37. The van der Waals surface area contributed by atoms with E-state index in [1.807, 2.05) is 38.1 Å². The van der Waals surface area contributed by atoms with Crippen molar-refractivity contribution >= 4 is 17.7 Å². The van der Waals surface area contributed by atoms with E-state index in [9.17, 15) is 4.79 Å². The third-order valence-electron chi connectivity index (χ3n) is 4.28. The van der Waals surface area contributed by atoms with Crippen molar-refractivity contribution in [3.63, 3.8) is 0 Å². The summed E-state index contributed by atoms with van der Waals surface area (Å²) in [7, 11) is 0. The minimum absolute atomic E-state index is 0.250. The molecule has 1 saturated heterocycles. The van der Waals surface area contributed by atoms with E-state index in [4.69, 9.17) is 4.74 Å². The van der Waals surface area contributed by atoms with Gasteiger partial charge in [-0.25, -0.2) is 14.8 Å². The first kappa shape index (κ1) is 17.2. The van der Waals surface area contributed by atoms with Gasteiger partial charge in [-0.15, -0.1) is 0 Å². The number of hydrogen-bond donors (Lipinski definition) is 2. The van der Waals surface area contributed by atoms with Crippen LogP contribution in [-0.4, -0.2) is 42.3 Å². The second-order valence-electron chi connectivity index (χ2n) is 6.00. The zero-order chi connectivity index (χ0) is 17.6. The van der Waals surface area contributed by atoms with Crippen LogP contribution in [0.1, 0.15) is 16.8 Å². The van der Waals surface area contributed by atoms with Gasteiger partial charge in [-0.3, -0.25) is 0 Å². The summed E-state index contributed by atoms with van der Waals surface area (Å²) in [5.41, 5.74) is 3.79. The van der Waals surface area contributed by atoms with E-state index >= 15 is 0 Å². The summed E-state index contributed by atoms with van der Waals surface area (Å²) in [5, 5.41) is 5.72. The molecule has 7 nitrogen and oxygen atoms in total. The Morgan fingerprint density at radius 2 is 2.04 bits per heavy atom. The predicted octanol–water partition coefficient (Wildman–Crippen LogP) is 2.25. The molecule has 132 valence electrons. The average Bonchev–Trinajstić information content (AvgIpc) is 2.65. The number of aryl methyl sites for hydroxylation is 1. The first-order valence-corrected chi connectivity index (χ1v) is 8.39. The van der Waals surface area contributed by atoms with Gasteiger partial charge < -0.3 is 20.3 Å². The Kier molecular flexibility index (Phi) is 5.45. The molecule has 2 N–H and O–H groups in total. The van der Waals surface area contributed by atoms with Crippen molar-refractivity contribution in [2.75, 3.05) is 36.5 Å². The molecular formula is C18H23N5O2. The molecule has 0 aliphatic carbocycles. The van der Waals surface area contributed by atoms with Gasteiger partial charge in [0.05, 0.1) is 25.5 Å². The highest BCUT2D eigenvalue weighted by Crippen LogP contribution is 2.17. The molecule has 25 heavy (non-hydrogen) atoms. The van der Waals surface area contributed by atoms with E-state index < -0.39 is 0 Å². The molecule has 0 spiro atoms. The van der Waals surface area contributed by atoms with Gasteiger partial charge in [-0.05, 0) is 37.1 Å². The number of amides is 2. The quantitative estimate of drug-likeness (QED) is 0.892. The van der Waals surface area contributed by atoms with E-state index in [0.717, 1.165) is 35.6 Å². The molecule has 2 amide bonds. The first-order chi connectivity index (χ1) is 12.1. The minimum Gasteiger partial charge on any atom is -0.378 e. The van der Waals surface area contributed by atoms with Gasteiger partial charge in [-0.2, -0.15) is 0 Å². The van der Waals surface area contributed by atoms with Crippen molar-refractivity contribution in [3.8, 4) is 0 Å². The highest BCUT2D eigenvalue weighted by molar-refractivity contribution is 5.90. The lowest BCUT2D eigenvalue weighted by molar-refractivity contribution is 0.122. The van der Waals surface area contributed by atoms with E-state index in [-0.39, 0.29) is 6.03 Å². The fraction of sp³-hybridized carbons (Fsp3) is 0.389. The maximum Gasteiger partial charge on any atom is 0.319 e. The van der Waals surface area contributed by atoms with Crippen LogP contribution in [0.15, 0.2) is 30.5 Å². The van der Waals surface area contributed by atoms with Crippen LogP contribution in [0.5, 0.6) is 0 Å². The highest BCUT2D eigenvalue weighted by atomic mass is 16.5. The number of carbonyl (C=O) groups excluding carboxylic acids is 1. The SMILES string of the molecule is Cc1cccc(NC(=O)NCc2ccnc(N3CCOCC3)n2)c1C. The predicted molar refractivity (Wildman–Crippen MR) is 96.8 cm³/mol. The molecule has 0 bridgehead atoms. The molecule has 1 aliphatic rings. The van der Waals surface area contributed by atoms with Crippen molar-refractivity contribution in [3.05, 3.63) is 47.3 Å². The zero-order valence-corrected chi connectivity index (χ0v) is 14.6. The lowest BCUT2D eigenvalue weighted by atomic mass is 10.1. The Morgan fingerprint density at radius 1 is 1.24 bits per heavy atom. The summed E-state index contributed by atoms with van der Waals surface area (Å²) in [6, 6.07) is 7.40. The van der Waals surface area contributed by atoms with Gasteiger partial charge in [0.25, 0.3) is 0 Å². The number of carbonyl (C=O) groups is 1. The zero-order valence-electron chi connectivity index (χ0n) is 14.6. The van der Waals surface area contributed by atoms with Crippen molar-refractivity contribution in [1.29, 1.82) is 0 Å². The monoisotopic (exact) mass is 341 g/mol. The molecule has 1 aliphatic heterocycles. The largest absolute Gasteiger partial charge is 0.378 e. The lowest BCUT2D eigenvalue weighted by Gasteiger charge is -2.26. The Bertz CT molecular complexity index is 744. The number of ether oxygens (including phenoxy) is 1. The average molecular weight is 341 g/mol. The summed E-state index contributed by atoms with van der Waals surface area (Å²) in [4.78, 5) is 23.1. The number of hydrogen-bond acceptors (Lipinski definition) is 5. The molecule has 0 saturated carbocycles. The number of nitrogens with one attached hydrogen (secondary N) is 2. The Morgan fingerprint density at radius 3 is 2.84 bits per heavy atom. The molecule has 0 unspecified atom stereocenters. The molecular weight excluding hydrogens is 318 g/mol. The fourth-order valence-corrected chi connectivity index (χ4v) is 2.62. The molecule has 1 aromatic carbocycles. The van der Waals surface area contributed by atoms with Gasteiger partial charge in [-0.1, -0.05) is 12.1 Å². The number of rotatable bonds is 4. The van der Waals surface area contributed by atoms with Gasteiger partial charge in [0.1, 0.15) is 0 Å². The van der Waals surface area contributed by atoms with Crippen LogP contribution in [0.3, 0.4) is 0 Å². The molecule has 3 rings (SSSR count). The van der Waals surface area contributed by atoms with Gasteiger partial charge in [0, 0.05) is 25.0 Å². The smallest absolute Gasteiger partial charge is 0.319 e. The molecule has 0 atom stereocenters. The van der Waals surface area contributed by atoms with E-state index in [1.54, 1.807) is 6.20 Å². The van der Waals surface area contributed by atoms with Crippen molar-refractivity contribution < 1.29 is 9.53 Å². The first-order valence-electron chi connectivity index (χ1n) is 8.39. The summed E-state index contributed by atoms with van der Waals surface area (Å²) in [5.74, 6) is 0.678. The summed E-state index contributed by atoms with van der Waals surface area (Å²) < 4.78 is 5.34. The van der Waals surface area contributed by atoms with Crippen LogP contribution in [0.2, 0.25) is 0 Å². The van der Waals surface area contributed by atoms with Crippen LogP contribution >= 0.6 is 0 Å². The van der Waals surface area contributed by atoms with Crippen LogP contribution < -0.4 is 15.5 Å². The fourth-order valence-electron chi connectivity index (χ4n) is 2.62. The van der Waals surface area contributed by atoms with Gasteiger partial charge >= 0.3 is 6.03 Å². The number of urea groups is 1. The van der Waals surface area contributed by atoms with Crippen molar-refractivity contribution in [1.82, 2.24) is 15.3 Å². The third-order valence-corrected chi connectivity index (χ3v) is 4.28. The Balaban J connectivity index is 1.57. The number of anilines is 2. The number of morpholine rings is 1. The highest BCUT2D eigenvalue weighted by Gasteiger charge is 2.14. The standard InChI is InChI=1S/C18H23N5O2/c1-13-4-3-5-16(14(13)2)22-18(24)20-12-15-6-7-19-17(21-15)23-8-10-25-11-9-23/h3-7H,8-12H2,1-2H3,(H2,20,22,24). The molecule has 1 aromatic heterocycles. The maximum absolute atomic E-state index is 12.1. The number of aromatic nitrogens is 2. The van der Waals surface area contributed by atoms with Gasteiger partial charge in [0.15, 0.2) is 0 Å². The third kappa shape index (κ3) is 4.45. The topological polar surface area (TPSA) is 79.4 Å². The van der Waals surface area contributed by atoms with E-state index in [1.165, 1.54) is 0 Å². The number of benzene rings is 1. The van der Waals surface area contributed by atoms with Crippen molar-refractivity contribution in [2.24, 2.45) is 0 Å². The van der Waals surface area contributed by atoms with E-state index in [0.29, 0.717) is 25.7 Å². The van der Waals surface area contributed by atoms with Gasteiger partial charge in [0.2, 0.25) is 5.95 Å². The molecule has 1 fully saturated rings. The summed E-state index contributed by atoms with van der Waals surface area (Å²) in [6.45, 7) is 7.29. The van der Waals surface area contributed by atoms with Crippen LogP contribution in [0.25, 0.3) is 0 Å². The molecule has 2 heterocycles. The second kappa shape index (κ2) is 7.94. The van der Waals surface area contributed by atoms with Crippen LogP contribution in [0, 0.1) is 13.8 Å². The Labute approximate surface area is 147 Å². The normalized spacial score (nSPS) is 14.2. The van der Waals surface area contributed by atoms with Crippen LogP contribution in [0.4, 0.5) is 16.4 Å². The Hall–Kier alpha value is -2.67. The maximum atomic E-state index is 12.1. The number of nitrogens with zero attached hydrogens (tertiary/aromatic N) is 3. The minimum atomic E-state index is -0.250. The second-order valence-corrected chi connectivity index (χ2v) is 6.00. The van der Waals surface area contributed by atoms with Crippen molar-refractivity contribution in [2.45, 2.75) is 20.4 Å². The van der Waals surface area contributed by atoms with E-state index in [2.05, 4.69) is 25.5 Å². The summed E-state index contributed by atoms with van der Waals surface area (Å²) >= 11 is 0. The molecule has 7 heteroatoms. The molecule has 0 radical (unpaired) electrons. The molecule has 2 aromatic rings. The van der Waals surface area contributed by atoms with Crippen LogP contribution in [-0.2, 0) is 11.3 Å². The summed E-state index contributed by atoms with van der Waals surface area (Å²) in [6.07, 6.45) is 1.72.